The number of nitrogens with zero attached hydrogens (tertiary/aromatic N) is 2. The molecule has 1 rings (SSSR count). The molecule has 0 aromatic carbocycles. The minimum absolute atomic E-state index is 0.125. The first-order valence-electron chi connectivity index (χ1n) is 5.10. The molecule has 0 spiro atoms. The van der Waals surface area contributed by atoms with Crippen LogP contribution in [0.2, 0.25) is 5.15 Å². The van der Waals surface area contributed by atoms with Crippen LogP contribution in [0.15, 0.2) is 12.1 Å². The maximum absolute atomic E-state index is 11.7. The topological polar surface area (TPSA) is 80.9 Å². The van der Waals surface area contributed by atoms with Crippen molar-refractivity contribution in [1.82, 2.24) is 10.2 Å². The number of halogens is 1. The van der Waals surface area contributed by atoms with E-state index in [2.05, 4.69) is 15.5 Å². The smallest absolute Gasteiger partial charge is 0.242 e. The number of anilines is 1. The summed E-state index contributed by atoms with van der Waals surface area (Å²) in [7, 11) is 0. The van der Waals surface area contributed by atoms with Crippen LogP contribution in [0.25, 0.3) is 0 Å². The minimum Gasteiger partial charge on any atom is -0.320 e. The molecular weight excluding hydrogens is 228 g/mol. The summed E-state index contributed by atoms with van der Waals surface area (Å²) in [6.45, 7) is 3.91. The SMILES string of the molecule is CC[C@H](C)[C@H](N)C(=O)Nc1ccc(Cl)nn1. The first-order chi connectivity index (χ1) is 7.54. The van der Waals surface area contributed by atoms with Crippen LogP contribution in [-0.2, 0) is 4.79 Å². The molecule has 0 aliphatic rings. The molecule has 0 aliphatic carbocycles. The lowest BCUT2D eigenvalue weighted by Crippen LogP contribution is -2.40. The molecule has 16 heavy (non-hydrogen) atoms. The zero-order valence-electron chi connectivity index (χ0n) is 9.27. The van der Waals surface area contributed by atoms with Crippen LogP contribution >= 0.6 is 11.6 Å². The molecule has 6 heteroatoms. The highest BCUT2D eigenvalue weighted by atomic mass is 35.5. The maximum atomic E-state index is 11.7. The predicted molar refractivity (Wildman–Crippen MR) is 63.1 cm³/mol. The monoisotopic (exact) mass is 242 g/mol. The van der Waals surface area contributed by atoms with Crippen LogP contribution in [-0.4, -0.2) is 22.1 Å². The second-order valence-electron chi connectivity index (χ2n) is 3.64. The number of hydrogen-bond acceptors (Lipinski definition) is 4. The third kappa shape index (κ3) is 3.43. The number of aromatic nitrogens is 2. The van der Waals surface area contributed by atoms with Crippen LogP contribution in [0, 0.1) is 5.92 Å². The van der Waals surface area contributed by atoms with E-state index in [0.717, 1.165) is 6.42 Å². The number of carbonyl (C=O) groups excluding carboxylic acids is 1. The Kier molecular flexibility index (Phi) is 4.64. The molecule has 0 bridgehead atoms. The molecule has 5 nitrogen and oxygen atoms in total. The average molecular weight is 243 g/mol. The standard InChI is InChI=1S/C10H15ClN4O/c1-3-6(2)9(12)10(16)13-8-5-4-7(11)14-15-8/h4-6,9H,3,12H2,1-2H3,(H,13,15,16)/t6-,9-/m0/s1. The maximum Gasteiger partial charge on any atom is 0.242 e. The van der Waals surface area contributed by atoms with E-state index in [0.29, 0.717) is 5.82 Å². The van der Waals surface area contributed by atoms with Gasteiger partial charge in [-0.05, 0) is 18.1 Å². The summed E-state index contributed by atoms with van der Waals surface area (Å²) >= 11 is 5.57. The van der Waals surface area contributed by atoms with Gasteiger partial charge in [-0.15, -0.1) is 10.2 Å². The largest absolute Gasteiger partial charge is 0.320 e. The summed E-state index contributed by atoms with van der Waals surface area (Å²) in [6, 6.07) is 2.60. The van der Waals surface area contributed by atoms with Crippen molar-refractivity contribution in [2.45, 2.75) is 26.3 Å². The van der Waals surface area contributed by atoms with Gasteiger partial charge in [0, 0.05) is 0 Å². The Morgan fingerprint density at radius 1 is 1.56 bits per heavy atom. The molecule has 88 valence electrons. The fourth-order valence-corrected chi connectivity index (χ4v) is 1.21. The molecule has 2 atom stereocenters. The highest BCUT2D eigenvalue weighted by Gasteiger charge is 2.19. The predicted octanol–water partition coefficient (Wildman–Crippen LogP) is 1.44. The molecule has 0 saturated heterocycles. The third-order valence-electron chi connectivity index (χ3n) is 2.44. The van der Waals surface area contributed by atoms with E-state index in [1.165, 1.54) is 0 Å². The molecule has 0 radical (unpaired) electrons. The van der Waals surface area contributed by atoms with E-state index in [1.807, 2.05) is 13.8 Å². The van der Waals surface area contributed by atoms with Crippen molar-refractivity contribution in [3.8, 4) is 0 Å². The second kappa shape index (κ2) is 5.77. The number of nitrogens with one attached hydrogen (secondary N) is 1. The number of nitrogens with two attached hydrogens (primary N) is 1. The number of hydrogen-bond donors (Lipinski definition) is 2. The van der Waals surface area contributed by atoms with Gasteiger partial charge in [0.05, 0.1) is 6.04 Å². The Labute approximate surface area is 99.4 Å². The van der Waals surface area contributed by atoms with E-state index in [4.69, 9.17) is 17.3 Å². The molecule has 0 unspecified atom stereocenters. The normalized spacial score (nSPS) is 14.2. The summed E-state index contributed by atoms with van der Waals surface area (Å²) < 4.78 is 0. The van der Waals surface area contributed by atoms with Gasteiger partial charge in [-0.2, -0.15) is 0 Å². The number of rotatable bonds is 4. The van der Waals surface area contributed by atoms with Crippen molar-refractivity contribution in [1.29, 1.82) is 0 Å². The minimum atomic E-state index is -0.539. The zero-order chi connectivity index (χ0) is 12.1. The molecule has 1 aromatic rings. The third-order valence-corrected chi connectivity index (χ3v) is 2.64. The zero-order valence-corrected chi connectivity index (χ0v) is 10.0. The van der Waals surface area contributed by atoms with Crippen LogP contribution in [0.4, 0.5) is 5.82 Å². The number of amides is 1. The molecule has 1 aromatic heterocycles. The Balaban J connectivity index is 2.60. The van der Waals surface area contributed by atoms with Gasteiger partial charge in [0.2, 0.25) is 5.91 Å². The van der Waals surface area contributed by atoms with E-state index >= 15 is 0 Å². The molecule has 1 amide bonds. The van der Waals surface area contributed by atoms with Crippen molar-refractivity contribution < 1.29 is 4.79 Å². The van der Waals surface area contributed by atoms with E-state index in [9.17, 15) is 4.79 Å². The molecule has 0 saturated carbocycles. The highest BCUT2D eigenvalue weighted by Crippen LogP contribution is 2.09. The Morgan fingerprint density at radius 3 is 2.75 bits per heavy atom. The molecule has 3 N–H and O–H groups in total. The number of carbonyl (C=O) groups is 1. The van der Waals surface area contributed by atoms with Gasteiger partial charge in [-0.3, -0.25) is 4.79 Å². The van der Waals surface area contributed by atoms with Gasteiger partial charge < -0.3 is 11.1 Å². The second-order valence-corrected chi connectivity index (χ2v) is 4.03. The summed E-state index contributed by atoms with van der Waals surface area (Å²) in [5, 5.41) is 10.2. The lowest BCUT2D eigenvalue weighted by atomic mass is 9.99. The molecule has 0 aliphatic heterocycles. The van der Waals surface area contributed by atoms with Crippen molar-refractivity contribution in [2.75, 3.05) is 5.32 Å². The average Bonchev–Trinajstić information content (AvgIpc) is 2.30. The van der Waals surface area contributed by atoms with Gasteiger partial charge >= 0.3 is 0 Å². The van der Waals surface area contributed by atoms with Crippen LogP contribution in [0.3, 0.4) is 0 Å². The highest BCUT2D eigenvalue weighted by molar-refractivity contribution is 6.29. The summed E-state index contributed by atoms with van der Waals surface area (Å²) in [5.74, 6) is 0.222. The summed E-state index contributed by atoms with van der Waals surface area (Å²) in [6.07, 6.45) is 0.848. The van der Waals surface area contributed by atoms with Crippen molar-refractivity contribution in [3.63, 3.8) is 0 Å². The fraction of sp³-hybridized carbons (Fsp3) is 0.500. The Morgan fingerprint density at radius 2 is 2.25 bits per heavy atom. The van der Waals surface area contributed by atoms with Gasteiger partial charge in [-0.25, -0.2) is 0 Å². The van der Waals surface area contributed by atoms with E-state index in [-0.39, 0.29) is 17.0 Å². The van der Waals surface area contributed by atoms with E-state index in [1.54, 1.807) is 12.1 Å². The van der Waals surface area contributed by atoms with Gasteiger partial charge in [-0.1, -0.05) is 31.9 Å². The van der Waals surface area contributed by atoms with E-state index < -0.39 is 6.04 Å². The first kappa shape index (κ1) is 12.9. The lowest BCUT2D eigenvalue weighted by molar-refractivity contribution is -0.118. The lowest BCUT2D eigenvalue weighted by Gasteiger charge is -2.16. The quantitative estimate of drug-likeness (QED) is 0.837. The van der Waals surface area contributed by atoms with Crippen molar-refractivity contribution in [2.24, 2.45) is 11.7 Å². The molecular formula is C10H15ClN4O. The molecule has 1 heterocycles. The van der Waals surface area contributed by atoms with Gasteiger partial charge in [0.1, 0.15) is 0 Å². The fourth-order valence-electron chi connectivity index (χ4n) is 1.10. The molecule has 0 fully saturated rings. The van der Waals surface area contributed by atoms with Crippen molar-refractivity contribution in [3.05, 3.63) is 17.3 Å². The van der Waals surface area contributed by atoms with Crippen LogP contribution < -0.4 is 11.1 Å². The van der Waals surface area contributed by atoms with Gasteiger partial charge in [0.25, 0.3) is 0 Å². The van der Waals surface area contributed by atoms with Crippen LogP contribution in [0.5, 0.6) is 0 Å². The first-order valence-corrected chi connectivity index (χ1v) is 5.48. The Bertz CT molecular complexity index is 354. The summed E-state index contributed by atoms with van der Waals surface area (Å²) in [5.41, 5.74) is 5.76. The summed E-state index contributed by atoms with van der Waals surface area (Å²) in [4.78, 5) is 11.7. The van der Waals surface area contributed by atoms with Crippen molar-refractivity contribution >= 4 is 23.3 Å². The van der Waals surface area contributed by atoms with Crippen LogP contribution in [0.1, 0.15) is 20.3 Å². The van der Waals surface area contributed by atoms with Gasteiger partial charge in [0.15, 0.2) is 11.0 Å². The Hall–Kier alpha value is -1.20.